The Morgan fingerprint density at radius 2 is 1.83 bits per heavy atom. The third kappa shape index (κ3) is 5.35. The molecule has 0 heterocycles. The number of halogens is 3. The van der Waals surface area contributed by atoms with Crippen LogP contribution >= 0.6 is 39.1 Å². The lowest BCUT2D eigenvalue weighted by Gasteiger charge is -2.05. The first-order valence-electron chi connectivity index (χ1n) is 6.31. The average Bonchev–Trinajstić information content (AvgIpc) is 2.51. The molecule has 0 aliphatic carbocycles. The fourth-order valence-corrected chi connectivity index (χ4v) is 2.28. The molecule has 118 valence electrons. The summed E-state index contributed by atoms with van der Waals surface area (Å²) in [6.07, 6.45) is 1.43. The van der Waals surface area contributed by atoms with Crippen LogP contribution in [0.2, 0.25) is 10.0 Å². The van der Waals surface area contributed by atoms with E-state index < -0.39 is 11.8 Å². The number of carbonyl (C=O) groups excluding carboxylic acids is 2. The van der Waals surface area contributed by atoms with E-state index in [9.17, 15) is 9.59 Å². The summed E-state index contributed by atoms with van der Waals surface area (Å²) < 4.78 is 0.880. The number of hydrogen-bond donors (Lipinski definition) is 2. The number of nitrogens with one attached hydrogen (secondary N) is 2. The molecule has 2 amide bonds. The molecule has 0 saturated heterocycles. The summed E-state index contributed by atoms with van der Waals surface area (Å²) in [6, 6.07) is 11.8. The van der Waals surface area contributed by atoms with Gasteiger partial charge in [0.1, 0.15) is 0 Å². The third-order valence-electron chi connectivity index (χ3n) is 2.61. The van der Waals surface area contributed by atoms with Crippen molar-refractivity contribution < 1.29 is 9.59 Å². The van der Waals surface area contributed by atoms with Gasteiger partial charge in [0.25, 0.3) is 0 Å². The van der Waals surface area contributed by atoms with Crippen LogP contribution in [0.25, 0.3) is 0 Å². The van der Waals surface area contributed by atoms with Crippen molar-refractivity contribution in [3.05, 3.63) is 62.5 Å². The third-order valence-corrected chi connectivity index (χ3v) is 3.84. The topological polar surface area (TPSA) is 70.6 Å². The highest BCUT2D eigenvalue weighted by atomic mass is 79.9. The SMILES string of the molecule is O=C(N/N=C\c1cccc(Br)c1)C(=O)Nc1ccc(Cl)c(Cl)c1. The molecule has 2 rings (SSSR count). The Morgan fingerprint density at radius 3 is 2.52 bits per heavy atom. The minimum atomic E-state index is -0.901. The zero-order valence-electron chi connectivity index (χ0n) is 11.5. The van der Waals surface area contributed by atoms with Gasteiger partial charge >= 0.3 is 11.8 Å². The van der Waals surface area contributed by atoms with E-state index in [0.717, 1.165) is 10.0 Å². The Balaban J connectivity index is 1.92. The van der Waals surface area contributed by atoms with E-state index in [1.165, 1.54) is 24.4 Å². The molecule has 0 unspecified atom stereocenters. The second-order valence-corrected chi connectivity index (χ2v) is 6.07. The first kappa shape index (κ1) is 17.5. The minimum absolute atomic E-state index is 0.276. The molecule has 0 fully saturated rings. The number of carbonyl (C=O) groups is 2. The van der Waals surface area contributed by atoms with Crippen LogP contribution < -0.4 is 10.7 Å². The van der Waals surface area contributed by atoms with E-state index in [1.807, 2.05) is 18.2 Å². The van der Waals surface area contributed by atoms with E-state index in [-0.39, 0.29) is 5.02 Å². The van der Waals surface area contributed by atoms with Crippen LogP contribution in [0.5, 0.6) is 0 Å². The first-order valence-corrected chi connectivity index (χ1v) is 7.85. The van der Waals surface area contributed by atoms with Gasteiger partial charge in [-0.2, -0.15) is 5.10 Å². The zero-order chi connectivity index (χ0) is 16.8. The Bertz CT molecular complexity index is 781. The first-order chi connectivity index (χ1) is 11.0. The van der Waals surface area contributed by atoms with Crippen molar-refractivity contribution in [2.24, 2.45) is 5.10 Å². The lowest BCUT2D eigenvalue weighted by atomic mass is 10.2. The zero-order valence-corrected chi connectivity index (χ0v) is 14.6. The van der Waals surface area contributed by atoms with Gasteiger partial charge in [-0.3, -0.25) is 9.59 Å². The number of rotatable bonds is 3. The number of hydrogen-bond acceptors (Lipinski definition) is 3. The summed E-state index contributed by atoms with van der Waals surface area (Å²) in [6.45, 7) is 0. The van der Waals surface area contributed by atoms with E-state index in [4.69, 9.17) is 23.2 Å². The minimum Gasteiger partial charge on any atom is -0.318 e. The molecule has 0 bridgehead atoms. The van der Waals surface area contributed by atoms with E-state index in [1.54, 1.807) is 6.07 Å². The molecule has 0 aliphatic heterocycles. The second kappa shape index (κ2) is 8.10. The molecule has 2 N–H and O–H groups in total. The summed E-state index contributed by atoms with van der Waals surface area (Å²) in [5.74, 6) is -1.77. The number of hydrazone groups is 1. The molecule has 0 aromatic heterocycles. The van der Waals surface area contributed by atoms with Crippen LogP contribution in [0.3, 0.4) is 0 Å². The average molecular weight is 415 g/mol. The molecule has 0 atom stereocenters. The van der Waals surface area contributed by atoms with Crippen LogP contribution in [0, 0.1) is 0 Å². The van der Waals surface area contributed by atoms with Gasteiger partial charge in [-0.1, -0.05) is 51.3 Å². The van der Waals surface area contributed by atoms with Gasteiger partial charge in [-0.15, -0.1) is 0 Å². The Hall–Kier alpha value is -1.89. The van der Waals surface area contributed by atoms with E-state index in [0.29, 0.717) is 10.7 Å². The van der Waals surface area contributed by atoms with Gasteiger partial charge in [-0.25, -0.2) is 5.43 Å². The molecular formula is C15H10BrCl2N3O2. The largest absolute Gasteiger partial charge is 0.329 e. The van der Waals surface area contributed by atoms with Crippen molar-refractivity contribution in [3.63, 3.8) is 0 Å². The molecule has 0 spiro atoms. The molecule has 5 nitrogen and oxygen atoms in total. The van der Waals surface area contributed by atoms with Crippen LogP contribution in [0.1, 0.15) is 5.56 Å². The highest BCUT2D eigenvalue weighted by Crippen LogP contribution is 2.24. The molecule has 23 heavy (non-hydrogen) atoms. The van der Waals surface area contributed by atoms with Crippen molar-refractivity contribution in [1.82, 2.24) is 5.43 Å². The molecule has 2 aromatic carbocycles. The maximum absolute atomic E-state index is 11.7. The smallest absolute Gasteiger partial charge is 0.318 e. The molecule has 0 radical (unpaired) electrons. The number of anilines is 1. The highest BCUT2D eigenvalue weighted by molar-refractivity contribution is 9.10. The van der Waals surface area contributed by atoms with Gasteiger partial charge in [0, 0.05) is 10.2 Å². The molecular weight excluding hydrogens is 405 g/mol. The predicted octanol–water partition coefficient (Wildman–Crippen LogP) is 3.84. The Morgan fingerprint density at radius 1 is 1.04 bits per heavy atom. The van der Waals surface area contributed by atoms with E-state index >= 15 is 0 Å². The van der Waals surface area contributed by atoms with Crippen molar-refractivity contribution in [2.45, 2.75) is 0 Å². The lowest BCUT2D eigenvalue weighted by Crippen LogP contribution is -2.32. The van der Waals surface area contributed by atoms with E-state index in [2.05, 4.69) is 31.8 Å². The Labute approximate surface area is 150 Å². The summed E-state index contributed by atoms with van der Waals surface area (Å²) >= 11 is 14.9. The van der Waals surface area contributed by atoms with Crippen molar-refractivity contribution in [3.8, 4) is 0 Å². The Kier molecular flexibility index (Phi) is 6.15. The van der Waals surface area contributed by atoms with Crippen molar-refractivity contribution in [1.29, 1.82) is 0 Å². The number of benzene rings is 2. The highest BCUT2D eigenvalue weighted by Gasteiger charge is 2.13. The van der Waals surface area contributed by atoms with Gasteiger partial charge in [0.05, 0.1) is 16.3 Å². The van der Waals surface area contributed by atoms with Gasteiger partial charge in [0.15, 0.2) is 0 Å². The molecule has 8 heteroatoms. The summed E-state index contributed by atoms with van der Waals surface area (Å²) in [5, 5.41) is 6.75. The number of nitrogens with zero attached hydrogens (tertiary/aromatic N) is 1. The normalized spacial score (nSPS) is 10.6. The lowest BCUT2D eigenvalue weighted by molar-refractivity contribution is -0.136. The molecule has 0 saturated carbocycles. The van der Waals surface area contributed by atoms with Crippen LogP contribution in [-0.2, 0) is 9.59 Å². The van der Waals surface area contributed by atoms with Gasteiger partial charge in [0.2, 0.25) is 0 Å². The maximum Gasteiger partial charge on any atom is 0.329 e. The summed E-state index contributed by atoms with van der Waals surface area (Å²) in [5.41, 5.74) is 3.27. The summed E-state index contributed by atoms with van der Waals surface area (Å²) in [7, 11) is 0. The van der Waals surface area contributed by atoms with Crippen LogP contribution in [-0.4, -0.2) is 18.0 Å². The number of amides is 2. The molecule has 0 aliphatic rings. The van der Waals surface area contributed by atoms with Crippen LogP contribution in [0.15, 0.2) is 52.0 Å². The quantitative estimate of drug-likeness (QED) is 0.455. The standard InChI is InChI=1S/C15H10BrCl2N3O2/c16-10-3-1-2-9(6-10)8-19-21-15(23)14(22)20-11-4-5-12(17)13(18)7-11/h1-8H,(H,20,22)(H,21,23)/b19-8-. The predicted molar refractivity (Wildman–Crippen MR) is 95.0 cm³/mol. The molecule has 2 aromatic rings. The van der Waals surface area contributed by atoms with Gasteiger partial charge in [-0.05, 0) is 35.9 Å². The van der Waals surface area contributed by atoms with Crippen molar-refractivity contribution in [2.75, 3.05) is 5.32 Å². The summed E-state index contributed by atoms with van der Waals surface area (Å²) in [4.78, 5) is 23.4. The van der Waals surface area contributed by atoms with Crippen LogP contribution in [0.4, 0.5) is 5.69 Å². The second-order valence-electron chi connectivity index (χ2n) is 4.34. The fourth-order valence-electron chi connectivity index (χ4n) is 1.56. The maximum atomic E-state index is 11.7. The van der Waals surface area contributed by atoms with Crippen molar-refractivity contribution >= 4 is 62.8 Å². The monoisotopic (exact) mass is 413 g/mol. The van der Waals surface area contributed by atoms with Gasteiger partial charge < -0.3 is 5.32 Å². The fraction of sp³-hybridized carbons (Fsp3) is 0.